The zero-order valence-corrected chi connectivity index (χ0v) is 13.8. The summed E-state index contributed by atoms with van der Waals surface area (Å²) in [6.45, 7) is 3.92. The molecule has 1 aromatic carbocycles. The van der Waals surface area contributed by atoms with E-state index in [9.17, 15) is 4.39 Å². The maximum Gasteiger partial charge on any atom is 0.125 e. The summed E-state index contributed by atoms with van der Waals surface area (Å²) in [5.74, 6) is -0.260. The van der Waals surface area contributed by atoms with Gasteiger partial charge in [-0.3, -0.25) is 9.58 Å². The molecule has 130 valence electrons. The lowest BCUT2D eigenvalue weighted by atomic mass is 10.2. The smallest absolute Gasteiger partial charge is 0.125 e. The standard InChI is InChI=1S/C18H20FN5O/c19-15-3-1-4-17(11-15)24-8-5-16(21-24)12-22-9-10-25-18(13-22)14-23-7-2-6-20-23/h1-8,11,18H,9-10,12-14H2/t18-/m0/s1. The maximum atomic E-state index is 13.4. The van der Waals surface area contributed by atoms with Crippen molar-refractivity contribution in [3.8, 4) is 5.69 Å². The monoisotopic (exact) mass is 341 g/mol. The maximum absolute atomic E-state index is 13.4. The van der Waals surface area contributed by atoms with Crippen LogP contribution in [-0.4, -0.2) is 50.3 Å². The average molecular weight is 341 g/mol. The zero-order valence-electron chi connectivity index (χ0n) is 13.8. The van der Waals surface area contributed by atoms with Gasteiger partial charge in [-0.2, -0.15) is 10.2 Å². The van der Waals surface area contributed by atoms with Gasteiger partial charge in [0, 0.05) is 38.2 Å². The first kappa shape index (κ1) is 16.0. The van der Waals surface area contributed by atoms with Crippen LogP contribution in [0.5, 0.6) is 0 Å². The van der Waals surface area contributed by atoms with Crippen molar-refractivity contribution in [1.82, 2.24) is 24.5 Å². The molecule has 0 N–H and O–H groups in total. The lowest BCUT2D eigenvalue weighted by Crippen LogP contribution is -2.43. The number of nitrogens with zero attached hydrogens (tertiary/aromatic N) is 5. The molecule has 1 saturated heterocycles. The Labute approximate surface area is 145 Å². The predicted octanol–water partition coefficient (Wildman–Crippen LogP) is 2.11. The van der Waals surface area contributed by atoms with Crippen molar-refractivity contribution in [2.24, 2.45) is 0 Å². The van der Waals surface area contributed by atoms with Gasteiger partial charge in [0.2, 0.25) is 0 Å². The van der Waals surface area contributed by atoms with E-state index in [-0.39, 0.29) is 11.9 Å². The molecule has 1 fully saturated rings. The molecule has 6 nitrogen and oxygen atoms in total. The second kappa shape index (κ2) is 7.16. The molecule has 3 aromatic rings. The summed E-state index contributed by atoms with van der Waals surface area (Å²) < 4.78 is 22.8. The van der Waals surface area contributed by atoms with Crippen LogP contribution in [0.25, 0.3) is 5.69 Å². The number of benzene rings is 1. The molecule has 0 spiro atoms. The lowest BCUT2D eigenvalue weighted by molar-refractivity contribution is -0.0405. The van der Waals surface area contributed by atoms with E-state index in [1.165, 1.54) is 12.1 Å². The highest BCUT2D eigenvalue weighted by atomic mass is 19.1. The SMILES string of the molecule is Fc1cccc(-n2ccc(CN3CCO[C@H](Cn4cccn4)C3)n2)c1. The minimum Gasteiger partial charge on any atom is -0.374 e. The number of halogens is 1. The van der Waals surface area contributed by atoms with E-state index in [0.717, 1.165) is 37.6 Å². The van der Waals surface area contributed by atoms with Gasteiger partial charge in [0.15, 0.2) is 0 Å². The molecule has 1 atom stereocenters. The highest BCUT2D eigenvalue weighted by Crippen LogP contribution is 2.13. The fourth-order valence-corrected chi connectivity index (χ4v) is 3.09. The predicted molar refractivity (Wildman–Crippen MR) is 90.8 cm³/mol. The molecule has 3 heterocycles. The minimum absolute atomic E-state index is 0.124. The van der Waals surface area contributed by atoms with Crippen molar-refractivity contribution in [2.75, 3.05) is 19.7 Å². The molecule has 0 unspecified atom stereocenters. The number of aromatic nitrogens is 4. The van der Waals surface area contributed by atoms with E-state index < -0.39 is 0 Å². The van der Waals surface area contributed by atoms with E-state index >= 15 is 0 Å². The zero-order chi connectivity index (χ0) is 17.1. The Kier molecular flexibility index (Phi) is 4.58. The Balaban J connectivity index is 1.38. The number of ether oxygens (including phenoxy) is 1. The van der Waals surface area contributed by atoms with Crippen LogP contribution in [0.15, 0.2) is 55.0 Å². The van der Waals surface area contributed by atoms with Crippen LogP contribution >= 0.6 is 0 Å². The van der Waals surface area contributed by atoms with Gasteiger partial charge in [-0.15, -0.1) is 0 Å². The Morgan fingerprint density at radius 2 is 2.16 bits per heavy atom. The molecule has 0 amide bonds. The van der Waals surface area contributed by atoms with Crippen LogP contribution < -0.4 is 0 Å². The number of morpholine rings is 1. The summed E-state index contributed by atoms with van der Waals surface area (Å²) in [7, 11) is 0. The van der Waals surface area contributed by atoms with Crippen LogP contribution in [-0.2, 0) is 17.8 Å². The molecule has 25 heavy (non-hydrogen) atoms. The number of hydrogen-bond acceptors (Lipinski definition) is 4. The second-order valence-corrected chi connectivity index (χ2v) is 6.19. The molecule has 0 aliphatic carbocycles. The van der Waals surface area contributed by atoms with Crippen molar-refractivity contribution in [3.05, 3.63) is 66.5 Å². The van der Waals surface area contributed by atoms with Gasteiger partial charge >= 0.3 is 0 Å². The van der Waals surface area contributed by atoms with E-state index in [0.29, 0.717) is 6.61 Å². The highest BCUT2D eigenvalue weighted by molar-refractivity contribution is 5.31. The van der Waals surface area contributed by atoms with Crippen LogP contribution in [0.3, 0.4) is 0 Å². The summed E-state index contributed by atoms with van der Waals surface area (Å²) in [5, 5.41) is 8.80. The topological polar surface area (TPSA) is 48.1 Å². The van der Waals surface area contributed by atoms with Crippen molar-refractivity contribution in [2.45, 2.75) is 19.2 Å². The third kappa shape index (κ3) is 3.94. The molecular formula is C18H20FN5O. The Morgan fingerprint density at radius 3 is 3.00 bits per heavy atom. The van der Waals surface area contributed by atoms with Gasteiger partial charge in [0.1, 0.15) is 5.82 Å². The fraction of sp³-hybridized carbons (Fsp3) is 0.333. The molecule has 4 rings (SSSR count). The largest absolute Gasteiger partial charge is 0.374 e. The van der Waals surface area contributed by atoms with Gasteiger partial charge in [-0.1, -0.05) is 6.07 Å². The summed E-state index contributed by atoms with van der Waals surface area (Å²) in [6.07, 6.45) is 5.72. The van der Waals surface area contributed by atoms with Gasteiger partial charge < -0.3 is 4.74 Å². The van der Waals surface area contributed by atoms with Gasteiger partial charge in [-0.25, -0.2) is 9.07 Å². The van der Waals surface area contributed by atoms with Gasteiger partial charge in [0.25, 0.3) is 0 Å². The van der Waals surface area contributed by atoms with Crippen molar-refractivity contribution >= 4 is 0 Å². The van der Waals surface area contributed by atoms with E-state index in [2.05, 4.69) is 15.1 Å². The summed E-state index contributed by atoms with van der Waals surface area (Å²) in [4.78, 5) is 2.33. The fourth-order valence-electron chi connectivity index (χ4n) is 3.09. The lowest BCUT2D eigenvalue weighted by Gasteiger charge is -2.32. The normalized spacial score (nSPS) is 18.5. The first-order valence-corrected chi connectivity index (χ1v) is 8.38. The van der Waals surface area contributed by atoms with Crippen LogP contribution in [0.2, 0.25) is 0 Å². The van der Waals surface area contributed by atoms with Crippen molar-refractivity contribution in [3.63, 3.8) is 0 Å². The minimum atomic E-state index is -0.260. The summed E-state index contributed by atoms with van der Waals surface area (Å²) in [6, 6.07) is 10.3. The second-order valence-electron chi connectivity index (χ2n) is 6.19. The Bertz CT molecular complexity index is 817. The molecule has 2 aromatic heterocycles. The van der Waals surface area contributed by atoms with E-state index in [1.54, 1.807) is 16.9 Å². The molecule has 0 saturated carbocycles. The highest BCUT2D eigenvalue weighted by Gasteiger charge is 2.21. The summed E-state index contributed by atoms with van der Waals surface area (Å²) in [5.41, 5.74) is 1.69. The van der Waals surface area contributed by atoms with E-state index in [1.807, 2.05) is 35.3 Å². The molecule has 1 aliphatic rings. The molecule has 7 heteroatoms. The third-order valence-electron chi connectivity index (χ3n) is 4.28. The molecular weight excluding hydrogens is 321 g/mol. The van der Waals surface area contributed by atoms with Crippen LogP contribution in [0.1, 0.15) is 5.69 Å². The summed E-state index contributed by atoms with van der Waals surface area (Å²) >= 11 is 0. The van der Waals surface area contributed by atoms with Crippen molar-refractivity contribution in [1.29, 1.82) is 0 Å². The Hall–Kier alpha value is -2.51. The first-order chi connectivity index (χ1) is 12.3. The third-order valence-corrected chi connectivity index (χ3v) is 4.28. The van der Waals surface area contributed by atoms with Crippen molar-refractivity contribution < 1.29 is 9.13 Å². The first-order valence-electron chi connectivity index (χ1n) is 8.38. The number of rotatable bonds is 5. The quantitative estimate of drug-likeness (QED) is 0.713. The van der Waals surface area contributed by atoms with Gasteiger partial charge in [-0.05, 0) is 30.3 Å². The van der Waals surface area contributed by atoms with Crippen LogP contribution in [0.4, 0.5) is 4.39 Å². The molecule has 1 aliphatic heterocycles. The van der Waals surface area contributed by atoms with Gasteiger partial charge in [0.05, 0.1) is 30.6 Å². The molecule has 0 bridgehead atoms. The van der Waals surface area contributed by atoms with E-state index in [4.69, 9.17) is 4.74 Å². The average Bonchev–Trinajstić information content (AvgIpc) is 3.27. The number of hydrogen-bond donors (Lipinski definition) is 0. The van der Waals surface area contributed by atoms with Crippen LogP contribution in [0, 0.1) is 5.82 Å². The Morgan fingerprint density at radius 1 is 1.20 bits per heavy atom. The molecule has 0 radical (unpaired) electrons.